The minimum absolute atomic E-state index is 0.185. The number of benzene rings is 3. The number of carboxylic acids is 1. The number of aromatic hydroxyl groups is 2. The highest BCUT2D eigenvalue weighted by atomic mass is 16.4. The Kier molecular flexibility index (Phi) is 3.59. The lowest BCUT2D eigenvalue weighted by atomic mass is 9.99. The van der Waals surface area contributed by atoms with Gasteiger partial charge in [-0.05, 0) is 17.7 Å². The molecule has 0 aromatic heterocycles. The predicted molar refractivity (Wildman–Crippen MR) is 96.2 cm³/mol. The molecule has 3 aromatic carbocycles. The van der Waals surface area contributed by atoms with Crippen molar-refractivity contribution in [2.75, 3.05) is 4.90 Å². The number of carbonyl (C=O) groups excluding carboxylic acids is 2. The monoisotopic (exact) mass is 363 g/mol. The van der Waals surface area contributed by atoms with Gasteiger partial charge in [0.1, 0.15) is 11.5 Å². The third-order valence-corrected chi connectivity index (χ3v) is 4.54. The molecule has 0 fully saturated rings. The number of phenolic OH excluding ortho intramolecular Hbond substituents is 2. The van der Waals surface area contributed by atoms with Gasteiger partial charge in [-0.25, -0.2) is 4.90 Å². The lowest BCUT2D eigenvalue weighted by molar-refractivity contribution is -0.136. The van der Waals surface area contributed by atoms with Gasteiger partial charge in [-0.1, -0.05) is 36.4 Å². The molecule has 0 aliphatic carbocycles. The Bertz CT molecular complexity index is 1070. The van der Waals surface area contributed by atoms with Gasteiger partial charge in [0.25, 0.3) is 11.8 Å². The lowest BCUT2D eigenvalue weighted by Crippen LogP contribution is -2.29. The summed E-state index contributed by atoms with van der Waals surface area (Å²) in [5, 5.41) is 30.4. The number of phenols is 2. The molecule has 27 heavy (non-hydrogen) atoms. The van der Waals surface area contributed by atoms with Crippen molar-refractivity contribution in [1.82, 2.24) is 0 Å². The molecule has 0 atom stereocenters. The van der Waals surface area contributed by atoms with E-state index >= 15 is 0 Å². The largest absolute Gasteiger partial charge is 0.506 e. The number of carboxylic acid groups (broad SMARTS) is 1. The minimum Gasteiger partial charge on any atom is -0.506 e. The molecule has 7 heteroatoms. The Balaban J connectivity index is 1.84. The van der Waals surface area contributed by atoms with E-state index in [2.05, 4.69) is 0 Å². The molecule has 1 heterocycles. The zero-order chi connectivity index (χ0) is 19.3. The van der Waals surface area contributed by atoms with E-state index in [9.17, 15) is 24.6 Å². The van der Waals surface area contributed by atoms with Crippen LogP contribution >= 0.6 is 0 Å². The van der Waals surface area contributed by atoms with Crippen LogP contribution in [0.5, 0.6) is 11.5 Å². The first-order valence-corrected chi connectivity index (χ1v) is 8.06. The van der Waals surface area contributed by atoms with Crippen molar-refractivity contribution in [1.29, 1.82) is 0 Å². The number of aliphatic carboxylic acids is 1. The van der Waals surface area contributed by atoms with Crippen molar-refractivity contribution >= 4 is 34.2 Å². The van der Waals surface area contributed by atoms with Gasteiger partial charge in [-0.3, -0.25) is 14.4 Å². The number of amides is 2. The van der Waals surface area contributed by atoms with Gasteiger partial charge >= 0.3 is 5.97 Å². The van der Waals surface area contributed by atoms with E-state index in [4.69, 9.17) is 5.11 Å². The second kappa shape index (κ2) is 5.84. The zero-order valence-electron chi connectivity index (χ0n) is 13.8. The number of hydrogen-bond donors (Lipinski definition) is 3. The molecular formula is C20H13NO6. The zero-order valence-corrected chi connectivity index (χ0v) is 13.8. The van der Waals surface area contributed by atoms with Crippen molar-refractivity contribution in [2.45, 2.75) is 6.42 Å². The summed E-state index contributed by atoms with van der Waals surface area (Å²) in [6, 6.07) is 12.3. The maximum atomic E-state index is 12.8. The first-order valence-electron chi connectivity index (χ1n) is 8.06. The fourth-order valence-electron chi connectivity index (χ4n) is 3.31. The second-order valence-electron chi connectivity index (χ2n) is 6.18. The summed E-state index contributed by atoms with van der Waals surface area (Å²) in [6.07, 6.45) is -0.185. The number of rotatable bonds is 3. The van der Waals surface area contributed by atoms with E-state index in [0.717, 1.165) is 4.90 Å². The number of fused-ring (bicyclic) bond motifs is 2. The molecule has 4 rings (SSSR count). The van der Waals surface area contributed by atoms with Crippen LogP contribution in [-0.2, 0) is 11.2 Å². The topological polar surface area (TPSA) is 115 Å². The normalized spacial score (nSPS) is 13.3. The molecule has 0 spiro atoms. The summed E-state index contributed by atoms with van der Waals surface area (Å²) in [4.78, 5) is 37.3. The van der Waals surface area contributed by atoms with Crippen LogP contribution in [-0.4, -0.2) is 33.1 Å². The Morgan fingerprint density at radius 3 is 1.74 bits per heavy atom. The summed E-state index contributed by atoms with van der Waals surface area (Å²) in [7, 11) is 0. The lowest BCUT2D eigenvalue weighted by Gasteiger charge is -2.14. The molecule has 2 amide bonds. The quantitative estimate of drug-likeness (QED) is 0.487. The summed E-state index contributed by atoms with van der Waals surface area (Å²) in [5.41, 5.74) is 0.245. The van der Waals surface area contributed by atoms with Gasteiger partial charge in [-0.15, -0.1) is 0 Å². The minimum atomic E-state index is -0.995. The first kappa shape index (κ1) is 16.6. The number of hydrogen-bond acceptors (Lipinski definition) is 5. The van der Waals surface area contributed by atoms with Gasteiger partial charge in [0.05, 0.1) is 23.2 Å². The van der Waals surface area contributed by atoms with Crippen LogP contribution < -0.4 is 4.90 Å². The van der Waals surface area contributed by atoms with E-state index in [1.807, 2.05) is 0 Å². The van der Waals surface area contributed by atoms with Crippen LogP contribution in [0.15, 0.2) is 48.5 Å². The molecule has 0 saturated carbocycles. The van der Waals surface area contributed by atoms with Gasteiger partial charge in [0.2, 0.25) is 0 Å². The molecule has 0 radical (unpaired) electrons. The summed E-state index contributed by atoms with van der Waals surface area (Å²) >= 11 is 0. The Morgan fingerprint density at radius 1 is 0.815 bits per heavy atom. The first-order chi connectivity index (χ1) is 12.9. The highest BCUT2D eigenvalue weighted by Crippen LogP contribution is 2.44. The maximum absolute atomic E-state index is 12.8. The van der Waals surface area contributed by atoms with Crippen LogP contribution in [0.1, 0.15) is 26.3 Å². The Labute approximate surface area is 152 Å². The number of imide groups is 1. The van der Waals surface area contributed by atoms with Crippen LogP contribution in [0.25, 0.3) is 10.8 Å². The SMILES string of the molecule is O=C(O)Cc1ccc(N2C(=O)c3c(c(O)c4ccccc4c3O)C2=O)cc1. The van der Waals surface area contributed by atoms with Crippen LogP contribution in [0.2, 0.25) is 0 Å². The van der Waals surface area contributed by atoms with Crippen molar-refractivity contribution in [3.63, 3.8) is 0 Å². The summed E-state index contributed by atoms with van der Waals surface area (Å²) in [5.74, 6) is -3.22. The molecule has 7 nitrogen and oxygen atoms in total. The highest BCUT2D eigenvalue weighted by molar-refractivity contribution is 6.37. The van der Waals surface area contributed by atoms with E-state index in [1.54, 1.807) is 24.3 Å². The molecule has 1 aliphatic rings. The Morgan fingerprint density at radius 2 is 1.30 bits per heavy atom. The average Bonchev–Trinajstić information content (AvgIpc) is 2.91. The van der Waals surface area contributed by atoms with E-state index in [1.165, 1.54) is 24.3 Å². The number of anilines is 1. The molecule has 1 aliphatic heterocycles. The predicted octanol–water partition coefficient (Wildman–Crippen LogP) is 2.68. The average molecular weight is 363 g/mol. The highest BCUT2D eigenvalue weighted by Gasteiger charge is 2.42. The van der Waals surface area contributed by atoms with Gasteiger partial charge in [0, 0.05) is 10.8 Å². The smallest absolute Gasteiger partial charge is 0.307 e. The maximum Gasteiger partial charge on any atom is 0.307 e. The third-order valence-electron chi connectivity index (χ3n) is 4.54. The molecule has 0 bridgehead atoms. The Hall–Kier alpha value is -3.87. The van der Waals surface area contributed by atoms with Crippen molar-refractivity contribution in [3.8, 4) is 11.5 Å². The van der Waals surface area contributed by atoms with Crippen LogP contribution in [0.4, 0.5) is 5.69 Å². The fraction of sp³-hybridized carbons (Fsp3) is 0.0500. The van der Waals surface area contributed by atoms with Crippen molar-refractivity contribution in [3.05, 3.63) is 65.2 Å². The van der Waals surface area contributed by atoms with E-state index in [-0.39, 0.29) is 45.5 Å². The molecule has 3 N–H and O–H groups in total. The van der Waals surface area contributed by atoms with Crippen molar-refractivity contribution < 1.29 is 29.7 Å². The number of carbonyl (C=O) groups is 3. The van der Waals surface area contributed by atoms with Gasteiger partial charge in [0.15, 0.2) is 0 Å². The number of nitrogens with zero attached hydrogens (tertiary/aromatic N) is 1. The fourth-order valence-corrected chi connectivity index (χ4v) is 3.31. The molecule has 134 valence electrons. The van der Waals surface area contributed by atoms with Gasteiger partial charge < -0.3 is 15.3 Å². The third kappa shape index (κ3) is 2.40. The summed E-state index contributed by atoms with van der Waals surface area (Å²) in [6.45, 7) is 0. The van der Waals surface area contributed by atoms with Crippen LogP contribution in [0, 0.1) is 0 Å². The second-order valence-corrected chi connectivity index (χ2v) is 6.18. The molecular weight excluding hydrogens is 350 g/mol. The van der Waals surface area contributed by atoms with E-state index in [0.29, 0.717) is 5.56 Å². The molecule has 3 aromatic rings. The molecule has 0 unspecified atom stereocenters. The standard InChI is InChI=1S/C20H13NO6/c22-14(23)9-10-5-7-11(8-6-10)21-19(26)15-16(20(21)27)18(25)13-4-2-1-3-12(13)17(15)24/h1-8,24-25H,9H2,(H,22,23). The van der Waals surface area contributed by atoms with E-state index < -0.39 is 17.8 Å². The van der Waals surface area contributed by atoms with Crippen LogP contribution in [0.3, 0.4) is 0 Å². The van der Waals surface area contributed by atoms with Crippen molar-refractivity contribution in [2.24, 2.45) is 0 Å². The summed E-state index contributed by atoms with van der Waals surface area (Å²) < 4.78 is 0. The molecule has 0 saturated heterocycles. The van der Waals surface area contributed by atoms with Gasteiger partial charge in [-0.2, -0.15) is 0 Å².